The van der Waals surface area contributed by atoms with E-state index in [1.165, 1.54) is 0 Å². The molecule has 0 radical (unpaired) electrons. The molecule has 2 fully saturated rings. The van der Waals surface area contributed by atoms with Crippen molar-refractivity contribution in [3.05, 3.63) is 0 Å². The number of hydrogen-bond acceptors (Lipinski definition) is 3. The number of nitrogens with one attached hydrogen (secondary N) is 1. The maximum absolute atomic E-state index is 11.9. The summed E-state index contributed by atoms with van der Waals surface area (Å²) < 4.78 is 5.38. The molecule has 1 aliphatic heterocycles. The van der Waals surface area contributed by atoms with Crippen LogP contribution in [0.4, 0.5) is 0 Å². The van der Waals surface area contributed by atoms with Crippen molar-refractivity contribution in [1.29, 1.82) is 5.26 Å². The van der Waals surface area contributed by atoms with Gasteiger partial charge in [0.15, 0.2) is 0 Å². The van der Waals surface area contributed by atoms with Crippen molar-refractivity contribution in [3.63, 3.8) is 0 Å². The number of hydrogen-bond donors (Lipinski definition) is 1. The number of rotatable bonds is 2. The Morgan fingerprint density at radius 2 is 2.31 bits per heavy atom. The van der Waals surface area contributed by atoms with Crippen LogP contribution in [0.1, 0.15) is 32.6 Å². The summed E-state index contributed by atoms with van der Waals surface area (Å²) in [4.78, 5) is 11.9. The largest absolute Gasteiger partial charge is 0.378 e. The van der Waals surface area contributed by atoms with E-state index in [1.807, 2.05) is 6.92 Å². The van der Waals surface area contributed by atoms with Gasteiger partial charge >= 0.3 is 0 Å². The lowest BCUT2D eigenvalue weighted by Gasteiger charge is -2.17. The van der Waals surface area contributed by atoms with Crippen molar-refractivity contribution < 1.29 is 9.53 Å². The molecule has 1 saturated heterocycles. The standard InChI is InChI=1S/C12H18N2O2/c1-8-5-10(7-16-8)12(15)14-11-4-2-3-9(11)6-13/h8-11H,2-5,7H2,1H3,(H,14,15). The molecule has 2 rings (SSSR count). The zero-order chi connectivity index (χ0) is 11.5. The third-order valence-corrected chi connectivity index (χ3v) is 3.58. The molecule has 0 aromatic heterocycles. The van der Waals surface area contributed by atoms with Crippen LogP contribution in [0.3, 0.4) is 0 Å². The highest BCUT2D eigenvalue weighted by atomic mass is 16.5. The van der Waals surface area contributed by atoms with Crippen LogP contribution in [-0.2, 0) is 9.53 Å². The minimum Gasteiger partial charge on any atom is -0.378 e. The summed E-state index contributed by atoms with van der Waals surface area (Å²) in [6.45, 7) is 2.51. The van der Waals surface area contributed by atoms with Crippen LogP contribution in [-0.4, -0.2) is 24.7 Å². The van der Waals surface area contributed by atoms with Gasteiger partial charge in [0.25, 0.3) is 0 Å². The molecule has 2 aliphatic rings. The summed E-state index contributed by atoms with van der Waals surface area (Å²) in [6.07, 6.45) is 3.88. The predicted molar refractivity (Wildman–Crippen MR) is 58.4 cm³/mol. The van der Waals surface area contributed by atoms with E-state index in [1.54, 1.807) is 0 Å². The van der Waals surface area contributed by atoms with Gasteiger partial charge < -0.3 is 10.1 Å². The lowest BCUT2D eigenvalue weighted by molar-refractivity contribution is -0.125. The minimum absolute atomic E-state index is 0.00342. The fraction of sp³-hybridized carbons (Fsp3) is 0.833. The molecule has 1 N–H and O–H groups in total. The number of carbonyl (C=O) groups excluding carboxylic acids is 1. The third-order valence-electron chi connectivity index (χ3n) is 3.58. The van der Waals surface area contributed by atoms with Crippen molar-refractivity contribution in [2.75, 3.05) is 6.61 Å². The molecule has 0 spiro atoms. The Labute approximate surface area is 96.0 Å². The van der Waals surface area contributed by atoms with Crippen LogP contribution in [0, 0.1) is 23.2 Å². The fourth-order valence-corrected chi connectivity index (χ4v) is 2.59. The first-order chi connectivity index (χ1) is 7.70. The smallest absolute Gasteiger partial charge is 0.225 e. The highest BCUT2D eigenvalue weighted by Crippen LogP contribution is 2.26. The molecule has 1 aliphatic carbocycles. The van der Waals surface area contributed by atoms with E-state index in [2.05, 4.69) is 11.4 Å². The molecule has 0 aromatic carbocycles. The quantitative estimate of drug-likeness (QED) is 0.764. The molecule has 1 amide bonds. The van der Waals surface area contributed by atoms with Crippen molar-refractivity contribution in [2.45, 2.75) is 44.8 Å². The Hall–Kier alpha value is -1.08. The van der Waals surface area contributed by atoms with Gasteiger partial charge in [-0.25, -0.2) is 0 Å². The van der Waals surface area contributed by atoms with Crippen molar-refractivity contribution in [2.24, 2.45) is 11.8 Å². The van der Waals surface area contributed by atoms with Crippen molar-refractivity contribution >= 4 is 5.91 Å². The summed E-state index contributed by atoms with van der Waals surface area (Å²) in [5, 5.41) is 11.9. The van der Waals surface area contributed by atoms with E-state index in [9.17, 15) is 4.79 Å². The molecule has 4 atom stereocenters. The SMILES string of the molecule is CC1CC(C(=O)NC2CCCC2C#N)CO1. The van der Waals surface area contributed by atoms with Crippen LogP contribution < -0.4 is 5.32 Å². The van der Waals surface area contributed by atoms with Crippen LogP contribution in [0.5, 0.6) is 0 Å². The molecule has 1 heterocycles. The topological polar surface area (TPSA) is 62.1 Å². The first-order valence-electron chi connectivity index (χ1n) is 6.02. The third kappa shape index (κ3) is 2.35. The van der Waals surface area contributed by atoms with Gasteiger partial charge in [-0.15, -0.1) is 0 Å². The van der Waals surface area contributed by atoms with Gasteiger partial charge in [-0.05, 0) is 32.6 Å². The summed E-state index contributed by atoms with van der Waals surface area (Å²) in [6, 6.07) is 2.34. The predicted octanol–water partition coefficient (Wildman–Crippen LogP) is 1.22. The second kappa shape index (κ2) is 4.84. The highest BCUT2D eigenvalue weighted by molar-refractivity contribution is 5.79. The average molecular weight is 222 g/mol. The second-order valence-electron chi connectivity index (χ2n) is 4.86. The summed E-state index contributed by atoms with van der Waals surface area (Å²) in [7, 11) is 0. The lowest BCUT2D eigenvalue weighted by Crippen LogP contribution is -2.40. The normalized spacial score (nSPS) is 38.2. The molecule has 1 saturated carbocycles. The molecule has 88 valence electrons. The van der Waals surface area contributed by atoms with Gasteiger partial charge in [-0.3, -0.25) is 4.79 Å². The Morgan fingerprint density at radius 3 is 2.94 bits per heavy atom. The van der Waals surface area contributed by atoms with Crippen LogP contribution >= 0.6 is 0 Å². The Balaban J connectivity index is 1.85. The van der Waals surface area contributed by atoms with Crippen LogP contribution in [0.25, 0.3) is 0 Å². The summed E-state index contributed by atoms with van der Waals surface area (Å²) >= 11 is 0. The van der Waals surface area contributed by atoms with Crippen molar-refractivity contribution in [3.8, 4) is 6.07 Å². The number of carbonyl (C=O) groups is 1. The van der Waals surface area contributed by atoms with E-state index < -0.39 is 0 Å². The fourth-order valence-electron chi connectivity index (χ4n) is 2.59. The van der Waals surface area contributed by atoms with Gasteiger partial charge in [0.2, 0.25) is 5.91 Å². The van der Waals surface area contributed by atoms with Gasteiger partial charge in [-0.2, -0.15) is 5.26 Å². The second-order valence-corrected chi connectivity index (χ2v) is 4.86. The zero-order valence-electron chi connectivity index (χ0n) is 9.61. The minimum atomic E-state index is -0.0186. The molecular formula is C12H18N2O2. The summed E-state index contributed by atoms with van der Waals surface area (Å²) in [5.41, 5.74) is 0. The molecule has 16 heavy (non-hydrogen) atoms. The lowest BCUT2D eigenvalue weighted by atomic mass is 10.0. The highest BCUT2D eigenvalue weighted by Gasteiger charge is 2.33. The number of nitrogens with zero attached hydrogens (tertiary/aromatic N) is 1. The van der Waals surface area contributed by atoms with Crippen LogP contribution in [0.15, 0.2) is 0 Å². The van der Waals surface area contributed by atoms with E-state index in [0.29, 0.717) is 6.61 Å². The maximum atomic E-state index is 11.9. The zero-order valence-corrected chi connectivity index (χ0v) is 9.61. The monoisotopic (exact) mass is 222 g/mol. The van der Waals surface area contributed by atoms with E-state index in [0.717, 1.165) is 25.7 Å². The maximum Gasteiger partial charge on any atom is 0.225 e. The van der Waals surface area contributed by atoms with Gasteiger partial charge in [0.1, 0.15) is 0 Å². The molecule has 0 aromatic rings. The summed E-state index contributed by atoms with van der Waals surface area (Å²) in [5.74, 6) is 0.0511. The van der Waals surface area contributed by atoms with E-state index in [-0.39, 0.29) is 29.9 Å². The number of nitriles is 1. The first-order valence-corrected chi connectivity index (χ1v) is 6.02. The van der Waals surface area contributed by atoms with Crippen molar-refractivity contribution in [1.82, 2.24) is 5.32 Å². The first kappa shape index (κ1) is 11.4. The average Bonchev–Trinajstić information content (AvgIpc) is 2.86. The molecule has 4 nitrogen and oxygen atoms in total. The van der Waals surface area contributed by atoms with Gasteiger partial charge in [0.05, 0.1) is 30.6 Å². The Bertz CT molecular complexity index is 311. The number of ether oxygens (including phenoxy) is 1. The van der Waals surface area contributed by atoms with Gasteiger partial charge in [0, 0.05) is 6.04 Å². The Morgan fingerprint density at radius 1 is 1.50 bits per heavy atom. The van der Waals surface area contributed by atoms with E-state index >= 15 is 0 Å². The number of amides is 1. The Kier molecular flexibility index (Phi) is 3.45. The van der Waals surface area contributed by atoms with Gasteiger partial charge in [-0.1, -0.05) is 0 Å². The molecule has 4 unspecified atom stereocenters. The van der Waals surface area contributed by atoms with E-state index in [4.69, 9.17) is 10.00 Å². The molecule has 0 bridgehead atoms. The molecule has 4 heteroatoms. The van der Waals surface area contributed by atoms with Crippen LogP contribution in [0.2, 0.25) is 0 Å². The molecular weight excluding hydrogens is 204 g/mol.